The highest BCUT2D eigenvalue weighted by molar-refractivity contribution is 5.42. The Labute approximate surface area is 188 Å². The lowest BCUT2D eigenvalue weighted by Gasteiger charge is -2.15. The number of hydrogen-bond acceptors (Lipinski definition) is 8. The van der Waals surface area contributed by atoms with E-state index in [9.17, 15) is 13.6 Å². The summed E-state index contributed by atoms with van der Waals surface area (Å²) in [5, 5.41) is 15.2. The molecule has 0 bridgehead atoms. The van der Waals surface area contributed by atoms with Crippen molar-refractivity contribution in [2.45, 2.75) is 56.7 Å². The summed E-state index contributed by atoms with van der Waals surface area (Å²) in [7, 11) is 0. The summed E-state index contributed by atoms with van der Waals surface area (Å²) in [6, 6.07) is 6.61. The zero-order chi connectivity index (χ0) is 22.8. The van der Waals surface area contributed by atoms with Gasteiger partial charge in [-0.05, 0) is 56.4 Å². The third-order valence-corrected chi connectivity index (χ3v) is 5.85. The van der Waals surface area contributed by atoms with E-state index in [0.29, 0.717) is 23.4 Å². The molecule has 0 amide bonds. The van der Waals surface area contributed by atoms with Gasteiger partial charge < -0.3 is 15.4 Å². The van der Waals surface area contributed by atoms with Crippen LogP contribution in [0.25, 0.3) is 5.69 Å². The van der Waals surface area contributed by atoms with Gasteiger partial charge in [-0.2, -0.15) is 8.78 Å². The van der Waals surface area contributed by atoms with Crippen LogP contribution in [0.3, 0.4) is 0 Å². The molecule has 3 aromatic rings. The standard InChI is InChI=1S/C22H23F2N7O2/c23-21(24)33-18-2-1-9-31(20(18)32)16-7-8-19(25-11-16)27-14-5-6-15(10-14)28-22-26-12-17(29-30-22)13-3-4-13/h1-2,7-9,11-15,21H,3-6,10H2,(H,25,27)(H,26,28,30)/t14-,15-/m0/s1. The predicted octanol–water partition coefficient (Wildman–Crippen LogP) is 3.34. The smallest absolute Gasteiger partial charge is 0.387 e. The minimum Gasteiger partial charge on any atom is -0.429 e. The van der Waals surface area contributed by atoms with Crippen LogP contribution in [0.15, 0.2) is 47.7 Å². The molecule has 0 radical (unpaired) electrons. The Hall–Kier alpha value is -3.63. The van der Waals surface area contributed by atoms with Crippen LogP contribution in [0.2, 0.25) is 0 Å². The van der Waals surface area contributed by atoms with Crippen LogP contribution in [0.4, 0.5) is 20.5 Å². The summed E-state index contributed by atoms with van der Waals surface area (Å²) in [5.41, 5.74) is 0.749. The molecule has 2 atom stereocenters. The van der Waals surface area contributed by atoms with Crippen LogP contribution >= 0.6 is 0 Å². The van der Waals surface area contributed by atoms with Crippen molar-refractivity contribution in [3.05, 3.63) is 58.9 Å². The van der Waals surface area contributed by atoms with Crippen molar-refractivity contribution in [1.29, 1.82) is 0 Å². The highest BCUT2D eigenvalue weighted by Gasteiger charge is 2.27. The van der Waals surface area contributed by atoms with E-state index in [1.165, 1.54) is 41.9 Å². The third kappa shape index (κ3) is 5.07. The Kier molecular flexibility index (Phi) is 5.84. The fourth-order valence-electron chi connectivity index (χ4n) is 4.03. The molecule has 0 aliphatic heterocycles. The number of alkyl halides is 2. The Morgan fingerprint density at radius 1 is 1.00 bits per heavy atom. The summed E-state index contributed by atoms with van der Waals surface area (Å²) < 4.78 is 30.4. The number of anilines is 2. The molecule has 33 heavy (non-hydrogen) atoms. The minimum atomic E-state index is -3.06. The molecule has 0 spiro atoms. The van der Waals surface area contributed by atoms with Crippen molar-refractivity contribution in [3.8, 4) is 11.4 Å². The average Bonchev–Trinajstić information content (AvgIpc) is 3.57. The number of pyridine rings is 2. The molecule has 9 nitrogen and oxygen atoms in total. The number of aromatic nitrogens is 5. The molecule has 2 fully saturated rings. The first-order chi connectivity index (χ1) is 16.0. The van der Waals surface area contributed by atoms with Crippen molar-refractivity contribution >= 4 is 11.8 Å². The summed E-state index contributed by atoms with van der Waals surface area (Å²) in [6.45, 7) is -3.06. The van der Waals surface area contributed by atoms with Crippen molar-refractivity contribution in [1.82, 2.24) is 24.7 Å². The molecule has 2 N–H and O–H groups in total. The zero-order valence-electron chi connectivity index (χ0n) is 17.7. The van der Waals surface area contributed by atoms with Gasteiger partial charge in [-0.15, -0.1) is 10.2 Å². The maximum atomic E-state index is 12.5. The SMILES string of the molecule is O=c1c(OC(F)F)cccn1-c1ccc(N[C@H]2CC[C@H](Nc3ncc(C4CC4)nn3)C2)nc1. The van der Waals surface area contributed by atoms with E-state index >= 15 is 0 Å². The number of ether oxygens (including phenoxy) is 1. The van der Waals surface area contributed by atoms with E-state index in [-0.39, 0.29) is 12.1 Å². The highest BCUT2D eigenvalue weighted by atomic mass is 19.3. The molecule has 3 heterocycles. The van der Waals surface area contributed by atoms with Crippen LogP contribution < -0.4 is 20.9 Å². The Morgan fingerprint density at radius 3 is 2.48 bits per heavy atom. The van der Waals surface area contributed by atoms with E-state index in [1.807, 2.05) is 6.20 Å². The maximum Gasteiger partial charge on any atom is 0.387 e. The van der Waals surface area contributed by atoms with Gasteiger partial charge in [-0.3, -0.25) is 9.36 Å². The lowest BCUT2D eigenvalue weighted by Crippen LogP contribution is -2.23. The summed E-state index contributed by atoms with van der Waals surface area (Å²) in [6.07, 6.45) is 9.95. The maximum absolute atomic E-state index is 12.5. The van der Waals surface area contributed by atoms with Gasteiger partial charge in [-0.1, -0.05) is 0 Å². The number of rotatable bonds is 8. The summed E-state index contributed by atoms with van der Waals surface area (Å²) in [4.78, 5) is 21.1. The van der Waals surface area contributed by atoms with Crippen LogP contribution in [0.5, 0.6) is 5.75 Å². The molecule has 0 aromatic carbocycles. The Bertz CT molecular complexity index is 1150. The normalized spacial score (nSPS) is 20.1. The molecule has 2 aliphatic carbocycles. The summed E-state index contributed by atoms with van der Waals surface area (Å²) in [5.74, 6) is 1.34. The van der Waals surface area contributed by atoms with E-state index in [0.717, 1.165) is 25.0 Å². The molecule has 2 saturated carbocycles. The van der Waals surface area contributed by atoms with Crippen molar-refractivity contribution in [2.24, 2.45) is 0 Å². The zero-order valence-corrected chi connectivity index (χ0v) is 17.7. The first kappa shape index (κ1) is 21.2. The molecule has 5 rings (SSSR count). The van der Waals surface area contributed by atoms with Gasteiger partial charge in [0.25, 0.3) is 5.56 Å². The minimum absolute atomic E-state index is 0.227. The van der Waals surface area contributed by atoms with Gasteiger partial charge in [0.05, 0.1) is 23.8 Å². The predicted molar refractivity (Wildman–Crippen MR) is 117 cm³/mol. The fourth-order valence-corrected chi connectivity index (χ4v) is 4.03. The van der Waals surface area contributed by atoms with Crippen molar-refractivity contribution < 1.29 is 13.5 Å². The lowest BCUT2D eigenvalue weighted by molar-refractivity contribution is -0.0509. The van der Waals surface area contributed by atoms with Gasteiger partial charge in [0.2, 0.25) is 5.95 Å². The first-order valence-corrected chi connectivity index (χ1v) is 10.9. The molecule has 0 saturated heterocycles. The van der Waals surface area contributed by atoms with Crippen LogP contribution in [0.1, 0.15) is 43.7 Å². The molecule has 172 valence electrons. The Balaban J connectivity index is 1.17. The van der Waals surface area contributed by atoms with E-state index in [1.54, 1.807) is 12.1 Å². The monoisotopic (exact) mass is 455 g/mol. The molecule has 2 aliphatic rings. The van der Waals surface area contributed by atoms with Crippen LogP contribution in [-0.4, -0.2) is 43.4 Å². The second-order valence-electron chi connectivity index (χ2n) is 8.30. The van der Waals surface area contributed by atoms with Crippen LogP contribution in [0, 0.1) is 0 Å². The molecule has 11 heteroatoms. The Morgan fingerprint density at radius 2 is 1.82 bits per heavy atom. The molecular weight excluding hydrogens is 432 g/mol. The molecular formula is C22H23F2N7O2. The van der Waals surface area contributed by atoms with Crippen LogP contribution in [-0.2, 0) is 0 Å². The fraction of sp³-hybridized carbons (Fsp3) is 0.409. The summed E-state index contributed by atoms with van der Waals surface area (Å²) >= 11 is 0. The molecule has 0 unspecified atom stereocenters. The number of nitrogens with one attached hydrogen (secondary N) is 2. The van der Waals surface area contributed by atoms with Gasteiger partial charge in [0, 0.05) is 24.2 Å². The quantitative estimate of drug-likeness (QED) is 0.533. The second kappa shape index (κ2) is 9.08. The second-order valence-corrected chi connectivity index (χ2v) is 8.30. The highest BCUT2D eigenvalue weighted by Crippen LogP contribution is 2.38. The van der Waals surface area contributed by atoms with Crippen molar-refractivity contribution in [3.63, 3.8) is 0 Å². The lowest BCUT2D eigenvalue weighted by atomic mass is 10.2. The topological polar surface area (TPSA) is 107 Å². The third-order valence-electron chi connectivity index (χ3n) is 5.85. The number of nitrogens with zero attached hydrogens (tertiary/aromatic N) is 5. The number of hydrogen-bond donors (Lipinski definition) is 2. The molecule has 3 aromatic heterocycles. The van der Waals surface area contributed by atoms with Crippen molar-refractivity contribution in [2.75, 3.05) is 10.6 Å². The van der Waals surface area contributed by atoms with Gasteiger partial charge >= 0.3 is 6.61 Å². The van der Waals surface area contributed by atoms with E-state index in [4.69, 9.17) is 0 Å². The van der Waals surface area contributed by atoms with Gasteiger partial charge in [-0.25, -0.2) is 9.97 Å². The first-order valence-electron chi connectivity index (χ1n) is 10.9. The largest absolute Gasteiger partial charge is 0.429 e. The average molecular weight is 455 g/mol. The number of halogens is 2. The van der Waals surface area contributed by atoms with Gasteiger partial charge in [0.1, 0.15) is 5.82 Å². The van der Waals surface area contributed by atoms with Gasteiger partial charge in [0.15, 0.2) is 5.75 Å². The van der Waals surface area contributed by atoms with E-state index < -0.39 is 17.9 Å². The van der Waals surface area contributed by atoms with E-state index in [2.05, 4.69) is 35.5 Å².